The van der Waals surface area contributed by atoms with Gasteiger partial charge in [0.2, 0.25) is 0 Å². The van der Waals surface area contributed by atoms with Gasteiger partial charge in [-0.3, -0.25) is 0 Å². The normalized spacial score (nSPS) is 24.1. The van der Waals surface area contributed by atoms with Crippen LogP contribution in [0, 0.1) is 11.8 Å². The van der Waals surface area contributed by atoms with Crippen LogP contribution in [0.2, 0.25) is 0 Å². The second-order valence-corrected chi connectivity index (χ2v) is 11.0. The number of benzene rings is 3. The van der Waals surface area contributed by atoms with Gasteiger partial charge in [0.1, 0.15) is 29.1 Å². The molecule has 184 valence electrons. The molecular formula is C29H33NO4S. The molecule has 0 radical (unpaired) electrons. The Bertz CT molecular complexity index is 1140. The third kappa shape index (κ3) is 5.54. The van der Waals surface area contributed by atoms with E-state index >= 15 is 0 Å². The molecule has 0 unspecified atom stereocenters. The number of phenols is 2. The number of rotatable bonds is 7. The highest BCUT2D eigenvalue weighted by Gasteiger charge is 2.34. The molecule has 0 amide bonds. The molecule has 0 bridgehead atoms. The van der Waals surface area contributed by atoms with Crippen molar-refractivity contribution in [2.24, 2.45) is 11.8 Å². The standard InChI is InChI=1S/C29H33NO4S/c1-19-17-30(18-20(19)2)13-4-14-33-25-10-7-21(8-11-25)28-29(22-5-3-6-23(31)15-22)35-27-16-24(32)9-12-26(27)34-28/h3,5-12,15-16,19-20,28-29,31-32H,4,13-14,17-18H2,1-2H3/t19-,20+,28-,29+/m0/s1. The maximum absolute atomic E-state index is 10.1. The van der Waals surface area contributed by atoms with Crippen molar-refractivity contribution in [3.05, 3.63) is 77.9 Å². The van der Waals surface area contributed by atoms with E-state index in [1.54, 1.807) is 36.0 Å². The molecule has 0 aromatic heterocycles. The van der Waals surface area contributed by atoms with Crippen molar-refractivity contribution < 1.29 is 19.7 Å². The number of thioether (sulfide) groups is 1. The molecule has 4 atom stereocenters. The van der Waals surface area contributed by atoms with Gasteiger partial charge in [-0.2, -0.15) is 0 Å². The number of hydrogen-bond acceptors (Lipinski definition) is 6. The van der Waals surface area contributed by atoms with Gasteiger partial charge in [0.05, 0.1) is 16.8 Å². The zero-order valence-corrected chi connectivity index (χ0v) is 21.1. The Kier molecular flexibility index (Phi) is 7.12. The largest absolute Gasteiger partial charge is 0.508 e. The topological polar surface area (TPSA) is 62.2 Å². The third-order valence-electron chi connectivity index (χ3n) is 7.07. The van der Waals surface area contributed by atoms with Gasteiger partial charge in [0.15, 0.2) is 0 Å². The lowest BCUT2D eigenvalue weighted by Gasteiger charge is -2.34. The predicted molar refractivity (Wildman–Crippen MR) is 140 cm³/mol. The molecule has 1 fully saturated rings. The molecule has 3 aromatic carbocycles. The fourth-order valence-electron chi connectivity index (χ4n) is 4.93. The monoisotopic (exact) mass is 491 g/mol. The van der Waals surface area contributed by atoms with E-state index in [0.717, 1.165) is 52.3 Å². The Labute approximate surface area is 211 Å². The highest BCUT2D eigenvalue weighted by atomic mass is 32.2. The zero-order chi connectivity index (χ0) is 24.4. The fourth-order valence-corrected chi connectivity index (χ4v) is 6.25. The number of fused-ring (bicyclic) bond motifs is 1. The lowest BCUT2D eigenvalue weighted by atomic mass is 10.00. The number of phenolic OH excluding ortho intramolecular Hbond substituents is 2. The average molecular weight is 492 g/mol. The summed E-state index contributed by atoms with van der Waals surface area (Å²) in [6.07, 6.45) is 0.777. The van der Waals surface area contributed by atoms with Crippen LogP contribution in [-0.2, 0) is 0 Å². The Morgan fingerprint density at radius 1 is 0.914 bits per heavy atom. The van der Waals surface area contributed by atoms with E-state index in [1.165, 1.54) is 13.1 Å². The quantitative estimate of drug-likeness (QED) is 0.372. The van der Waals surface area contributed by atoms with Gasteiger partial charge in [-0.05, 0) is 71.8 Å². The van der Waals surface area contributed by atoms with Crippen molar-refractivity contribution in [3.63, 3.8) is 0 Å². The minimum Gasteiger partial charge on any atom is -0.508 e. The molecule has 1 saturated heterocycles. The van der Waals surface area contributed by atoms with Crippen LogP contribution in [0.1, 0.15) is 42.7 Å². The molecule has 3 aromatic rings. The maximum atomic E-state index is 10.1. The van der Waals surface area contributed by atoms with Crippen LogP contribution < -0.4 is 9.47 Å². The molecule has 35 heavy (non-hydrogen) atoms. The minimum atomic E-state index is -0.243. The highest BCUT2D eigenvalue weighted by Crippen LogP contribution is 2.54. The Morgan fingerprint density at radius 3 is 2.40 bits per heavy atom. The molecule has 6 heteroatoms. The smallest absolute Gasteiger partial charge is 0.140 e. The lowest BCUT2D eigenvalue weighted by molar-refractivity contribution is 0.190. The summed E-state index contributed by atoms with van der Waals surface area (Å²) in [6, 6.07) is 20.6. The molecule has 2 aliphatic rings. The van der Waals surface area contributed by atoms with E-state index in [2.05, 4.69) is 30.9 Å². The second kappa shape index (κ2) is 10.4. The van der Waals surface area contributed by atoms with Crippen LogP contribution in [-0.4, -0.2) is 41.4 Å². The van der Waals surface area contributed by atoms with Crippen LogP contribution in [0.15, 0.2) is 71.6 Å². The molecule has 2 heterocycles. The Hall–Kier alpha value is -2.83. The van der Waals surface area contributed by atoms with Gasteiger partial charge in [-0.15, -0.1) is 11.8 Å². The van der Waals surface area contributed by atoms with E-state index in [9.17, 15) is 10.2 Å². The summed E-state index contributed by atoms with van der Waals surface area (Å²) in [5, 5.41) is 19.9. The van der Waals surface area contributed by atoms with Gasteiger partial charge in [-0.25, -0.2) is 0 Å². The van der Waals surface area contributed by atoms with E-state index < -0.39 is 0 Å². The molecule has 0 spiro atoms. The van der Waals surface area contributed by atoms with Crippen LogP contribution in [0.25, 0.3) is 0 Å². The zero-order valence-electron chi connectivity index (χ0n) is 20.3. The first-order valence-corrected chi connectivity index (χ1v) is 13.2. The van der Waals surface area contributed by atoms with Crippen LogP contribution >= 0.6 is 11.8 Å². The highest BCUT2D eigenvalue weighted by molar-refractivity contribution is 7.99. The van der Waals surface area contributed by atoms with Crippen molar-refractivity contribution in [2.45, 2.75) is 36.5 Å². The molecule has 5 rings (SSSR count). The molecule has 5 nitrogen and oxygen atoms in total. The Balaban J connectivity index is 1.27. The maximum Gasteiger partial charge on any atom is 0.140 e. The summed E-state index contributed by atoms with van der Waals surface area (Å²) in [6.45, 7) is 8.85. The summed E-state index contributed by atoms with van der Waals surface area (Å²) in [7, 11) is 0. The molecule has 2 aliphatic heterocycles. The first-order chi connectivity index (χ1) is 17.0. The van der Waals surface area contributed by atoms with Crippen molar-refractivity contribution in [1.29, 1.82) is 0 Å². The minimum absolute atomic E-state index is 0.0755. The summed E-state index contributed by atoms with van der Waals surface area (Å²) in [5.41, 5.74) is 2.01. The van der Waals surface area contributed by atoms with Crippen molar-refractivity contribution in [1.82, 2.24) is 4.90 Å². The number of aromatic hydroxyl groups is 2. The van der Waals surface area contributed by atoms with E-state index in [0.29, 0.717) is 6.61 Å². The molecular weight excluding hydrogens is 458 g/mol. The Morgan fingerprint density at radius 2 is 1.66 bits per heavy atom. The van der Waals surface area contributed by atoms with Crippen LogP contribution in [0.5, 0.6) is 23.0 Å². The summed E-state index contributed by atoms with van der Waals surface area (Å²) in [5.74, 6) is 3.61. The summed E-state index contributed by atoms with van der Waals surface area (Å²) < 4.78 is 12.5. The van der Waals surface area contributed by atoms with Gasteiger partial charge in [-0.1, -0.05) is 38.1 Å². The predicted octanol–water partition coefficient (Wildman–Crippen LogP) is 6.42. The van der Waals surface area contributed by atoms with Gasteiger partial charge in [0.25, 0.3) is 0 Å². The molecule has 0 saturated carbocycles. The fraction of sp³-hybridized carbons (Fsp3) is 0.379. The van der Waals surface area contributed by atoms with Gasteiger partial charge in [0, 0.05) is 19.6 Å². The second-order valence-electron chi connectivity index (χ2n) is 9.79. The van der Waals surface area contributed by atoms with E-state index in [-0.39, 0.29) is 22.9 Å². The first-order valence-electron chi connectivity index (χ1n) is 12.4. The average Bonchev–Trinajstić information content (AvgIpc) is 3.18. The number of ether oxygens (including phenoxy) is 2. The summed E-state index contributed by atoms with van der Waals surface area (Å²) in [4.78, 5) is 3.43. The third-order valence-corrected chi connectivity index (χ3v) is 8.41. The van der Waals surface area contributed by atoms with Gasteiger partial charge < -0.3 is 24.6 Å². The van der Waals surface area contributed by atoms with Crippen LogP contribution in [0.3, 0.4) is 0 Å². The van der Waals surface area contributed by atoms with Crippen molar-refractivity contribution in [2.75, 3.05) is 26.2 Å². The molecule has 2 N–H and O–H groups in total. The lowest BCUT2D eigenvalue weighted by Crippen LogP contribution is -2.23. The van der Waals surface area contributed by atoms with Crippen LogP contribution in [0.4, 0.5) is 0 Å². The number of nitrogens with zero attached hydrogens (tertiary/aromatic N) is 1. The number of likely N-dealkylation sites (tertiary alicyclic amines) is 1. The number of hydrogen-bond donors (Lipinski definition) is 2. The SMILES string of the molecule is C[C@@H]1CN(CCCOc2ccc([C@@H]3Oc4ccc(O)cc4S[C@@H]3c3cccc(O)c3)cc2)C[C@@H]1C. The first kappa shape index (κ1) is 23.9. The van der Waals surface area contributed by atoms with E-state index in [1.807, 2.05) is 30.3 Å². The van der Waals surface area contributed by atoms with Crippen molar-refractivity contribution >= 4 is 11.8 Å². The van der Waals surface area contributed by atoms with E-state index in [4.69, 9.17) is 9.47 Å². The summed E-state index contributed by atoms with van der Waals surface area (Å²) >= 11 is 1.64. The van der Waals surface area contributed by atoms with Gasteiger partial charge >= 0.3 is 0 Å². The van der Waals surface area contributed by atoms with Crippen molar-refractivity contribution in [3.8, 4) is 23.0 Å². The molecule has 0 aliphatic carbocycles.